The second kappa shape index (κ2) is 8.75. The van der Waals surface area contributed by atoms with Crippen LogP contribution in [-0.2, 0) is 13.0 Å². The highest BCUT2D eigenvalue weighted by atomic mass is 35.5. The van der Waals surface area contributed by atoms with E-state index < -0.39 is 0 Å². The van der Waals surface area contributed by atoms with Crippen LogP contribution in [0.2, 0.25) is 5.02 Å². The molecule has 3 rings (SSSR count). The van der Waals surface area contributed by atoms with Crippen molar-refractivity contribution in [1.29, 1.82) is 0 Å². The first-order chi connectivity index (χ1) is 12.7. The average Bonchev–Trinajstić information content (AvgIpc) is 2.67. The maximum atomic E-state index is 12.3. The SMILES string of the molecule is COc1ccc(Cl)cc1C(=O)NCC#CCN1CCc2ccccc2C1. The van der Waals surface area contributed by atoms with E-state index >= 15 is 0 Å². The third-order valence-corrected chi connectivity index (χ3v) is 4.62. The highest BCUT2D eigenvalue weighted by molar-refractivity contribution is 6.31. The van der Waals surface area contributed by atoms with E-state index in [1.807, 2.05) is 0 Å². The van der Waals surface area contributed by atoms with E-state index in [1.54, 1.807) is 18.2 Å². The summed E-state index contributed by atoms with van der Waals surface area (Å²) in [5, 5.41) is 3.28. The van der Waals surface area contributed by atoms with Crippen LogP contribution in [0.4, 0.5) is 0 Å². The molecule has 0 aromatic heterocycles. The van der Waals surface area contributed by atoms with Crippen molar-refractivity contribution in [2.75, 3.05) is 26.7 Å². The third-order valence-electron chi connectivity index (χ3n) is 4.38. The van der Waals surface area contributed by atoms with Crippen molar-refractivity contribution in [3.8, 4) is 17.6 Å². The summed E-state index contributed by atoms with van der Waals surface area (Å²) in [6.45, 7) is 2.93. The van der Waals surface area contributed by atoms with Gasteiger partial charge in [-0.2, -0.15) is 0 Å². The standard InChI is InChI=1S/C21H21ClN2O2/c1-26-20-9-8-18(22)14-19(20)21(25)23-11-4-5-12-24-13-10-16-6-2-3-7-17(16)15-24/h2-3,6-9,14H,10-13,15H2,1H3,(H,23,25). The van der Waals surface area contributed by atoms with Gasteiger partial charge in [0.1, 0.15) is 5.75 Å². The van der Waals surface area contributed by atoms with Crippen molar-refractivity contribution >= 4 is 17.5 Å². The van der Waals surface area contributed by atoms with Crippen molar-refractivity contribution in [2.45, 2.75) is 13.0 Å². The molecule has 134 valence electrons. The lowest BCUT2D eigenvalue weighted by molar-refractivity contribution is 0.0955. The van der Waals surface area contributed by atoms with E-state index in [1.165, 1.54) is 18.2 Å². The van der Waals surface area contributed by atoms with Gasteiger partial charge in [0.15, 0.2) is 0 Å². The number of amides is 1. The molecule has 2 aromatic carbocycles. The molecule has 0 atom stereocenters. The van der Waals surface area contributed by atoms with E-state index in [0.29, 0.717) is 29.4 Å². The van der Waals surface area contributed by atoms with Crippen LogP contribution in [0.15, 0.2) is 42.5 Å². The molecule has 0 unspecified atom stereocenters. The lowest BCUT2D eigenvalue weighted by Gasteiger charge is -2.26. The Morgan fingerprint density at radius 1 is 1.23 bits per heavy atom. The smallest absolute Gasteiger partial charge is 0.255 e. The molecule has 0 saturated carbocycles. The Labute approximate surface area is 159 Å². The normalized spacial score (nSPS) is 13.3. The molecule has 5 heteroatoms. The molecule has 0 bridgehead atoms. The summed E-state index contributed by atoms with van der Waals surface area (Å²) >= 11 is 5.95. The number of carbonyl (C=O) groups excluding carboxylic acids is 1. The lowest BCUT2D eigenvalue weighted by Crippen LogP contribution is -2.31. The molecule has 0 aliphatic carbocycles. The lowest BCUT2D eigenvalue weighted by atomic mass is 10.0. The number of fused-ring (bicyclic) bond motifs is 1. The van der Waals surface area contributed by atoms with Crippen LogP contribution in [0, 0.1) is 11.8 Å². The van der Waals surface area contributed by atoms with Crippen LogP contribution in [0.3, 0.4) is 0 Å². The minimum atomic E-state index is -0.245. The molecule has 0 fully saturated rings. The topological polar surface area (TPSA) is 41.6 Å². The van der Waals surface area contributed by atoms with E-state index in [0.717, 1.165) is 19.5 Å². The van der Waals surface area contributed by atoms with Crippen LogP contribution in [0.5, 0.6) is 5.75 Å². The summed E-state index contributed by atoms with van der Waals surface area (Å²) in [6.07, 6.45) is 1.06. The molecular formula is C21H21ClN2O2. The summed E-state index contributed by atoms with van der Waals surface area (Å²) < 4.78 is 5.19. The van der Waals surface area contributed by atoms with Gasteiger partial charge >= 0.3 is 0 Å². The minimum Gasteiger partial charge on any atom is -0.496 e. The van der Waals surface area contributed by atoms with Gasteiger partial charge in [-0.25, -0.2) is 0 Å². The van der Waals surface area contributed by atoms with Gasteiger partial charge in [-0.3, -0.25) is 9.69 Å². The fraction of sp³-hybridized carbons (Fsp3) is 0.286. The van der Waals surface area contributed by atoms with Crippen LogP contribution < -0.4 is 10.1 Å². The Morgan fingerprint density at radius 2 is 2.04 bits per heavy atom. The van der Waals surface area contributed by atoms with Crippen LogP contribution in [0.25, 0.3) is 0 Å². The first-order valence-corrected chi connectivity index (χ1v) is 8.92. The van der Waals surface area contributed by atoms with Gasteiger partial charge in [0.25, 0.3) is 5.91 Å². The van der Waals surface area contributed by atoms with Gasteiger partial charge in [0.05, 0.1) is 25.8 Å². The van der Waals surface area contributed by atoms with E-state index in [2.05, 4.69) is 46.3 Å². The maximum Gasteiger partial charge on any atom is 0.255 e. The zero-order chi connectivity index (χ0) is 18.4. The summed E-state index contributed by atoms with van der Waals surface area (Å²) in [4.78, 5) is 14.6. The molecule has 4 nitrogen and oxygen atoms in total. The highest BCUT2D eigenvalue weighted by Gasteiger charge is 2.14. The van der Waals surface area contributed by atoms with Gasteiger partial charge in [-0.1, -0.05) is 47.7 Å². The maximum absolute atomic E-state index is 12.3. The zero-order valence-corrected chi connectivity index (χ0v) is 15.5. The third kappa shape index (κ3) is 4.57. The Hall–Kier alpha value is -2.48. The Balaban J connectivity index is 1.49. The van der Waals surface area contributed by atoms with Gasteiger partial charge in [-0.15, -0.1) is 0 Å². The molecule has 1 heterocycles. The largest absolute Gasteiger partial charge is 0.496 e. The van der Waals surface area contributed by atoms with Crippen LogP contribution in [0.1, 0.15) is 21.5 Å². The second-order valence-corrected chi connectivity index (χ2v) is 6.55. The Morgan fingerprint density at radius 3 is 2.85 bits per heavy atom. The van der Waals surface area contributed by atoms with Crippen LogP contribution >= 0.6 is 11.6 Å². The average molecular weight is 369 g/mol. The molecule has 0 spiro atoms. The van der Waals surface area contributed by atoms with E-state index in [-0.39, 0.29) is 5.91 Å². The number of hydrogen-bond donors (Lipinski definition) is 1. The fourth-order valence-corrected chi connectivity index (χ4v) is 3.17. The number of ether oxygens (including phenoxy) is 1. The summed E-state index contributed by atoms with van der Waals surface area (Å²) in [6, 6.07) is 13.5. The van der Waals surface area contributed by atoms with Crippen molar-refractivity contribution in [3.63, 3.8) is 0 Å². The fourth-order valence-electron chi connectivity index (χ4n) is 3.00. The number of carbonyl (C=O) groups is 1. The Bertz CT molecular complexity index is 855. The molecule has 1 amide bonds. The molecule has 0 radical (unpaired) electrons. The molecule has 2 aromatic rings. The van der Waals surface area contributed by atoms with E-state index in [4.69, 9.17) is 16.3 Å². The van der Waals surface area contributed by atoms with Crippen LogP contribution in [-0.4, -0.2) is 37.6 Å². The molecule has 1 N–H and O–H groups in total. The number of benzene rings is 2. The minimum absolute atomic E-state index is 0.245. The van der Waals surface area contributed by atoms with Gasteiger partial charge in [0, 0.05) is 18.1 Å². The van der Waals surface area contributed by atoms with Crippen molar-refractivity contribution in [3.05, 3.63) is 64.2 Å². The number of halogens is 1. The first kappa shape index (κ1) is 18.3. The second-order valence-electron chi connectivity index (χ2n) is 6.11. The quantitative estimate of drug-likeness (QED) is 0.843. The number of methoxy groups -OCH3 is 1. The number of rotatable bonds is 4. The van der Waals surface area contributed by atoms with Crippen molar-refractivity contribution in [1.82, 2.24) is 10.2 Å². The van der Waals surface area contributed by atoms with Crippen molar-refractivity contribution < 1.29 is 9.53 Å². The van der Waals surface area contributed by atoms with Gasteiger partial charge in [0.2, 0.25) is 0 Å². The summed E-state index contributed by atoms with van der Waals surface area (Å²) in [7, 11) is 1.52. The number of hydrogen-bond acceptors (Lipinski definition) is 3. The number of nitrogens with one attached hydrogen (secondary N) is 1. The summed E-state index contributed by atoms with van der Waals surface area (Å²) in [5.74, 6) is 6.40. The van der Waals surface area contributed by atoms with Crippen molar-refractivity contribution in [2.24, 2.45) is 0 Å². The van der Waals surface area contributed by atoms with Gasteiger partial charge in [-0.05, 0) is 35.7 Å². The zero-order valence-electron chi connectivity index (χ0n) is 14.7. The molecule has 26 heavy (non-hydrogen) atoms. The molecule has 1 aliphatic rings. The highest BCUT2D eigenvalue weighted by Crippen LogP contribution is 2.22. The predicted octanol–water partition coefficient (Wildman–Crippen LogP) is 3.14. The molecule has 0 saturated heterocycles. The summed E-state index contributed by atoms with van der Waals surface area (Å²) in [5.41, 5.74) is 3.22. The predicted molar refractivity (Wildman–Crippen MR) is 104 cm³/mol. The number of nitrogens with zero attached hydrogens (tertiary/aromatic N) is 1. The van der Waals surface area contributed by atoms with E-state index in [9.17, 15) is 4.79 Å². The Kier molecular flexibility index (Phi) is 6.17. The first-order valence-electron chi connectivity index (χ1n) is 8.54. The monoisotopic (exact) mass is 368 g/mol. The van der Waals surface area contributed by atoms with Gasteiger partial charge < -0.3 is 10.1 Å². The molecule has 1 aliphatic heterocycles. The molecular weight excluding hydrogens is 348 g/mol.